The highest BCUT2D eigenvalue weighted by molar-refractivity contribution is 6.28. The lowest BCUT2D eigenvalue weighted by Gasteiger charge is -2.41. The first-order valence-electron chi connectivity index (χ1n) is 20.2. The van der Waals surface area contributed by atoms with Gasteiger partial charge in [0, 0.05) is 64.9 Å². The smallest absolute Gasteiger partial charge is 0.258 e. The Morgan fingerprint density at radius 2 is 1.46 bits per heavy atom. The molecule has 1 N–H and O–H groups in total. The van der Waals surface area contributed by atoms with Gasteiger partial charge < -0.3 is 29.5 Å². The maximum absolute atomic E-state index is 14.5. The molecule has 14 nitrogen and oxygen atoms in total. The fourth-order valence-electron chi connectivity index (χ4n) is 8.30. The number of likely N-dealkylation sites (N-methyl/N-ethyl adjacent to an activating group) is 2. The fraction of sp³-hybridized carbons (Fsp3) is 0.651. The number of hydrogen-bond donors (Lipinski definition) is 1. The normalized spacial score (nSPS) is 19.3. The van der Waals surface area contributed by atoms with Gasteiger partial charge in [-0.3, -0.25) is 33.6 Å². The first-order valence-corrected chi connectivity index (χ1v) is 20.2. The quantitative estimate of drug-likeness (QED) is 0.190. The van der Waals surface area contributed by atoms with Crippen molar-refractivity contribution in [3.8, 4) is 0 Å². The highest BCUT2D eigenvalue weighted by Crippen LogP contribution is 2.30. The van der Waals surface area contributed by atoms with E-state index in [2.05, 4.69) is 5.32 Å². The molecule has 57 heavy (non-hydrogen) atoms. The van der Waals surface area contributed by atoms with Crippen molar-refractivity contribution >= 4 is 46.9 Å². The van der Waals surface area contributed by atoms with Crippen molar-refractivity contribution in [3.05, 3.63) is 42.0 Å². The molecule has 2 aliphatic rings. The first kappa shape index (κ1) is 46.9. The third-order valence-electron chi connectivity index (χ3n) is 11.8. The number of benzene rings is 1. The van der Waals surface area contributed by atoms with E-state index < -0.39 is 54.0 Å². The van der Waals surface area contributed by atoms with Gasteiger partial charge in [0.25, 0.3) is 17.7 Å². The summed E-state index contributed by atoms with van der Waals surface area (Å²) in [5, 5.41) is 2.96. The number of Topliss-reactive ketones (excluding diaryl/α,β-unsaturated/α-hetero) is 1. The number of nitrogens with zero attached hydrogens (tertiary/aromatic N) is 4. The molecule has 1 saturated heterocycles. The Morgan fingerprint density at radius 1 is 0.860 bits per heavy atom. The van der Waals surface area contributed by atoms with E-state index in [4.69, 9.17) is 9.47 Å². The topological polar surface area (TPSA) is 163 Å². The molecule has 3 rings (SSSR count). The predicted molar refractivity (Wildman–Crippen MR) is 217 cm³/mol. The number of amides is 6. The van der Waals surface area contributed by atoms with Gasteiger partial charge in [0.1, 0.15) is 17.9 Å². The van der Waals surface area contributed by atoms with Crippen LogP contribution in [0.1, 0.15) is 97.9 Å². The molecule has 1 aromatic carbocycles. The number of carbonyl (C=O) groups is 7. The molecule has 1 aromatic rings. The monoisotopic (exact) mass is 795 g/mol. The van der Waals surface area contributed by atoms with Gasteiger partial charge in [0.05, 0.1) is 36.4 Å². The molecule has 0 aliphatic carbocycles. The Labute approximate surface area is 338 Å². The second-order valence-corrected chi connectivity index (χ2v) is 16.1. The summed E-state index contributed by atoms with van der Waals surface area (Å²) in [4.78, 5) is 98.9. The molecule has 8 atom stereocenters. The Hall–Kier alpha value is -4.43. The van der Waals surface area contributed by atoms with Crippen LogP contribution in [-0.4, -0.2) is 127 Å². The summed E-state index contributed by atoms with van der Waals surface area (Å²) < 4.78 is 11.8. The third-order valence-corrected chi connectivity index (χ3v) is 11.8. The summed E-state index contributed by atoms with van der Waals surface area (Å²) in [6.45, 7) is 15.5. The van der Waals surface area contributed by atoms with Crippen LogP contribution in [0.2, 0.25) is 0 Å². The number of imide groups is 1. The Balaban J connectivity index is 1.81. The highest BCUT2D eigenvalue weighted by atomic mass is 16.5. The third kappa shape index (κ3) is 10.8. The van der Waals surface area contributed by atoms with Crippen molar-refractivity contribution in [1.82, 2.24) is 20.0 Å². The molecule has 0 saturated carbocycles. The van der Waals surface area contributed by atoms with Crippen LogP contribution < -0.4 is 10.2 Å². The Kier molecular flexibility index (Phi) is 17.2. The molecule has 316 valence electrons. The highest BCUT2D eigenvalue weighted by Gasteiger charge is 2.43. The van der Waals surface area contributed by atoms with Crippen LogP contribution in [0.5, 0.6) is 0 Å². The second kappa shape index (κ2) is 20.8. The number of ketones is 1. The molecule has 0 bridgehead atoms. The molecular formula is C43H65N5O9. The van der Waals surface area contributed by atoms with Gasteiger partial charge in [-0.1, -0.05) is 61.8 Å². The maximum atomic E-state index is 14.5. The van der Waals surface area contributed by atoms with Gasteiger partial charge in [-0.15, -0.1) is 0 Å². The molecule has 2 aliphatic heterocycles. The average Bonchev–Trinajstić information content (AvgIpc) is 3.81. The largest absolute Gasteiger partial charge is 0.379 e. The summed E-state index contributed by atoms with van der Waals surface area (Å²) in [7, 11) is 6.31. The van der Waals surface area contributed by atoms with Gasteiger partial charge in [-0.25, -0.2) is 4.90 Å². The minimum atomic E-state index is -0.960. The lowest BCUT2D eigenvalue weighted by atomic mass is 9.89. The summed E-state index contributed by atoms with van der Waals surface area (Å²) >= 11 is 0. The zero-order valence-electron chi connectivity index (χ0n) is 35.9. The molecule has 6 amide bonds. The second-order valence-electron chi connectivity index (χ2n) is 16.1. The van der Waals surface area contributed by atoms with Crippen LogP contribution in [-0.2, 0) is 38.2 Å². The summed E-state index contributed by atoms with van der Waals surface area (Å²) in [5.41, 5.74) is 0.571. The van der Waals surface area contributed by atoms with Crippen molar-refractivity contribution in [1.29, 1.82) is 0 Å². The number of methoxy groups -OCH3 is 2. The summed E-state index contributed by atoms with van der Waals surface area (Å²) in [6, 6.07) is 3.31. The van der Waals surface area contributed by atoms with Gasteiger partial charge >= 0.3 is 0 Å². The number of hydrogen-bond acceptors (Lipinski definition) is 9. The van der Waals surface area contributed by atoms with Crippen molar-refractivity contribution in [2.24, 2.45) is 23.7 Å². The summed E-state index contributed by atoms with van der Waals surface area (Å²) in [6.07, 6.45) is 3.85. The predicted octanol–water partition coefficient (Wildman–Crippen LogP) is 4.25. The van der Waals surface area contributed by atoms with E-state index in [1.165, 1.54) is 55.5 Å². The van der Waals surface area contributed by atoms with Crippen LogP contribution in [0.3, 0.4) is 0 Å². The Bertz CT molecular complexity index is 1630. The molecule has 14 heteroatoms. The standard InChI is InChI=1S/C43H65N5O9/c1-13-27(7)39(33(56-11)24-36(52)47-23-15-16-31(47)40(57-12)28(8)32(49)14-2)46(10)43(55)37(25(3)4)44-41(53)38(26(5)6)45(9)42(54)29-17-19-30(20-18-29)48-34(50)21-22-35(48)51/h17-22,25-28,31,33,37-40H,13-16,23-24H2,1-12H3,(H,44,53)/t27-,28-,31-,33+,37-,38-,39?,40+/m0/s1. The first-order chi connectivity index (χ1) is 26.9. The van der Waals surface area contributed by atoms with Gasteiger partial charge in [0.2, 0.25) is 17.7 Å². The van der Waals surface area contributed by atoms with Crippen LogP contribution >= 0.6 is 0 Å². The van der Waals surface area contributed by atoms with Gasteiger partial charge in [-0.2, -0.15) is 0 Å². The van der Waals surface area contributed by atoms with E-state index in [1.54, 1.807) is 24.0 Å². The molecule has 2 heterocycles. The number of rotatable bonds is 20. The van der Waals surface area contributed by atoms with Crippen LogP contribution in [0.25, 0.3) is 0 Å². The van der Waals surface area contributed by atoms with Crippen molar-refractivity contribution in [2.75, 3.05) is 39.8 Å². The maximum Gasteiger partial charge on any atom is 0.258 e. The van der Waals surface area contributed by atoms with Gasteiger partial charge in [0.15, 0.2) is 0 Å². The van der Waals surface area contributed by atoms with Crippen LogP contribution in [0, 0.1) is 23.7 Å². The average molecular weight is 796 g/mol. The molecule has 0 spiro atoms. The molecule has 1 fully saturated rings. The summed E-state index contributed by atoms with van der Waals surface area (Å²) in [5.74, 6) is -3.43. The SMILES string of the molecule is CCC(=O)[C@H](C)[C@@H](OC)[C@@H]1CCCN1C(=O)C[C@@H](OC)C([C@@H](C)CC)N(C)C(=O)[C@@H](NC(=O)[C@H](C(C)C)N(C)C(=O)c1ccc(N2C(=O)C=CC2=O)cc1)C(C)C. The molecular weight excluding hydrogens is 730 g/mol. The lowest BCUT2D eigenvalue weighted by Crippen LogP contribution is -2.60. The van der Waals surface area contributed by atoms with E-state index >= 15 is 0 Å². The fourth-order valence-corrected chi connectivity index (χ4v) is 8.30. The van der Waals surface area contributed by atoms with E-state index in [0.29, 0.717) is 25.1 Å². The number of nitrogens with one attached hydrogen (secondary N) is 1. The van der Waals surface area contributed by atoms with Crippen molar-refractivity contribution in [3.63, 3.8) is 0 Å². The molecule has 1 unspecified atom stereocenters. The van der Waals surface area contributed by atoms with E-state index in [-0.39, 0.29) is 59.3 Å². The van der Waals surface area contributed by atoms with Crippen LogP contribution in [0.15, 0.2) is 36.4 Å². The van der Waals surface area contributed by atoms with E-state index in [9.17, 15) is 33.6 Å². The Morgan fingerprint density at radius 3 is 1.95 bits per heavy atom. The van der Waals surface area contributed by atoms with E-state index in [1.807, 2.05) is 55.4 Å². The minimum absolute atomic E-state index is 0.00964. The number of ether oxygens (including phenoxy) is 2. The van der Waals surface area contributed by atoms with E-state index in [0.717, 1.165) is 17.7 Å². The van der Waals surface area contributed by atoms with Crippen molar-refractivity contribution in [2.45, 2.75) is 124 Å². The van der Waals surface area contributed by atoms with Crippen LogP contribution in [0.4, 0.5) is 5.69 Å². The lowest BCUT2D eigenvalue weighted by molar-refractivity contribution is -0.147. The number of likely N-dealkylation sites (tertiary alicyclic amines) is 1. The van der Waals surface area contributed by atoms with Crippen molar-refractivity contribution < 1.29 is 43.0 Å². The molecule has 0 aromatic heterocycles. The number of anilines is 1. The molecule has 0 radical (unpaired) electrons. The minimum Gasteiger partial charge on any atom is -0.379 e. The number of carbonyl (C=O) groups excluding carboxylic acids is 7. The van der Waals surface area contributed by atoms with Gasteiger partial charge in [-0.05, 0) is 54.9 Å². The zero-order chi connectivity index (χ0) is 42.9. The zero-order valence-corrected chi connectivity index (χ0v) is 35.9.